The summed E-state index contributed by atoms with van der Waals surface area (Å²) in [6.07, 6.45) is 1.72. The number of nitrogens with zero attached hydrogens (tertiary/aromatic N) is 3. The van der Waals surface area contributed by atoms with Crippen LogP contribution in [0.5, 0.6) is 5.75 Å². The van der Waals surface area contributed by atoms with Crippen molar-refractivity contribution in [2.24, 2.45) is 4.99 Å². The lowest BCUT2D eigenvalue weighted by Crippen LogP contribution is -2.39. The Balaban J connectivity index is 1.29. The predicted octanol–water partition coefficient (Wildman–Crippen LogP) is 6.69. The number of hydrogen-bond donors (Lipinski definition) is 0. The van der Waals surface area contributed by atoms with Gasteiger partial charge in [-0.25, -0.2) is 14.8 Å². The highest BCUT2D eigenvalue weighted by atomic mass is 32.2. The van der Waals surface area contributed by atoms with Crippen molar-refractivity contribution in [1.29, 1.82) is 0 Å². The van der Waals surface area contributed by atoms with E-state index in [4.69, 9.17) is 23.9 Å². The van der Waals surface area contributed by atoms with Crippen LogP contribution >= 0.6 is 34.4 Å². The lowest BCUT2D eigenvalue weighted by molar-refractivity contribution is -0.138. The van der Waals surface area contributed by atoms with E-state index >= 15 is 0 Å². The summed E-state index contributed by atoms with van der Waals surface area (Å²) in [5.41, 5.74) is 2.98. The Morgan fingerprint density at radius 3 is 2.52 bits per heavy atom. The summed E-state index contributed by atoms with van der Waals surface area (Å²) in [5.74, 6) is 0.832. The summed E-state index contributed by atoms with van der Waals surface area (Å²) in [7, 11) is 0. The van der Waals surface area contributed by atoms with E-state index in [1.807, 2.05) is 97.9 Å². The lowest BCUT2D eigenvalue weighted by Gasteiger charge is -2.25. The van der Waals surface area contributed by atoms with Crippen molar-refractivity contribution in [2.45, 2.75) is 29.3 Å². The molecule has 0 fully saturated rings. The minimum absolute atomic E-state index is 0.195. The van der Waals surface area contributed by atoms with Crippen molar-refractivity contribution in [2.75, 3.05) is 13.2 Å². The van der Waals surface area contributed by atoms with E-state index in [-0.39, 0.29) is 12.2 Å². The number of hydrogen-bond acceptors (Lipinski definition) is 10. The topological polar surface area (TPSA) is 95.9 Å². The van der Waals surface area contributed by atoms with Crippen molar-refractivity contribution < 1.29 is 18.7 Å². The maximum absolute atomic E-state index is 14.1. The second kappa shape index (κ2) is 13.0. The summed E-state index contributed by atoms with van der Waals surface area (Å²) in [6, 6.07) is 27.8. The molecule has 1 aliphatic rings. The molecule has 0 saturated heterocycles. The summed E-state index contributed by atoms with van der Waals surface area (Å²) < 4.78 is 21.2. The fraction of sp³-hybridized carbons (Fsp3) is 0.143. The molecule has 3 aromatic carbocycles. The molecule has 230 valence electrons. The van der Waals surface area contributed by atoms with Gasteiger partial charge in [-0.1, -0.05) is 72.0 Å². The predicted molar refractivity (Wildman–Crippen MR) is 181 cm³/mol. The van der Waals surface area contributed by atoms with E-state index in [0.717, 1.165) is 31.4 Å². The number of aromatic nitrogens is 2. The molecule has 11 heteroatoms. The largest absolute Gasteiger partial charge is 0.494 e. The van der Waals surface area contributed by atoms with Crippen molar-refractivity contribution in [3.8, 4) is 5.75 Å². The Labute approximate surface area is 276 Å². The molecule has 6 aromatic rings. The van der Waals surface area contributed by atoms with Crippen LogP contribution in [0.25, 0.3) is 22.0 Å². The number of carbonyl (C=O) groups is 1. The molecule has 0 radical (unpaired) electrons. The second-order valence-electron chi connectivity index (χ2n) is 10.1. The maximum Gasteiger partial charge on any atom is 0.338 e. The standard InChI is InChI=1S/C35H27N3O5S3/c1-3-41-23-15-17-25-26(19-23)45-35(36-25)46-28-18-16-24(43-28)20-27-32(39)38-31(22-13-9-6-10-14-22)29(33(40)42-4-2)30(37-34(38)44-27)21-11-7-5-8-12-21/h5-20,31H,3-4H2,1-2H3/b27-20-/t31-/m0/s1. The molecule has 4 heterocycles. The van der Waals surface area contributed by atoms with E-state index in [0.29, 0.717) is 38.1 Å². The first-order valence-electron chi connectivity index (χ1n) is 14.7. The van der Waals surface area contributed by atoms with Gasteiger partial charge in [0.05, 0.1) is 45.3 Å². The molecule has 1 atom stereocenters. The first-order chi connectivity index (χ1) is 22.5. The number of esters is 1. The highest BCUT2D eigenvalue weighted by Gasteiger charge is 2.35. The third-order valence-electron chi connectivity index (χ3n) is 7.20. The van der Waals surface area contributed by atoms with E-state index in [1.54, 1.807) is 28.9 Å². The van der Waals surface area contributed by atoms with Gasteiger partial charge in [0.25, 0.3) is 5.56 Å². The number of furan rings is 1. The zero-order valence-electron chi connectivity index (χ0n) is 24.8. The average molecular weight is 666 g/mol. The SMILES string of the molecule is CCOC(=O)C1=C(c2ccccc2)N=c2s/c(=C\c3ccc(Sc4nc5ccc(OCC)cc5s4)o3)c(=O)n2[C@H]1c1ccccc1. The molecule has 0 saturated carbocycles. The molecule has 0 unspecified atom stereocenters. The number of thiazole rings is 2. The smallest absolute Gasteiger partial charge is 0.338 e. The van der Waals surface area contributed by atoms with Gasteiger partial charge < -0.3 is 13.9 Å². The van der Waals surface area contributed by atoms with Crippen LogP contribution in [-0.2, 0) is 9.53 Å². The van der Waals surface area contributed by atoms with Gasteiger partial charge in [-0.05, 0) is 61.5 Å². The molecule has 8 nitrogen and oxygen atoms in total. The Kier molecular flexibility index (Phi) is 8.44. The van der Waals surface area contributed by atoms with Crippen molar-refractivity contribution in [1.82, 2.24) is 9.55 Å². The molecule has 0 amide bonds. The van der Waals surface area contributed by atoms with Crippen LogP contribution in [0.2, 0.25) is 0 Å². The van der Waals surface area contributed by atoms with Crippen LogP contribution in [0.15, 0.2) is 120 Å². The minimum Gasteiger partial charge on any atom is -0.494 e. The van der Waals surface area contributed by atoms with Crippen molar-refractivity contribution in [3.05, 3.63) is 133 Å². The number of rotatable bonds is 9. The van der Waals surface area contributed by atoms with Crippen LogP contribution in [0, 0.1) is 0 Å². The van der Waals surface area contributed by atoms with Crippen molar-refractivity contribution in [3.63, 3.8) is 0 Å². The molecule has 46 heavy (non-hydrogen) atoms. The van der Waals surface area contributed by atoms with Crippen LogP contribution in [0.3, 0.4) is 0 Å². The van der Waals surface area contributed by atoms with Gasteiger partial charge in [0.1, 0.15) is 11.5 Å². The number of ether oxygens (including phenoxy) is 2. The molecule has 0 bridgehead atoms. The fourth-order valence-electron chi connectivity index (χ4n) is 5.26. The van der Waals surface area contributed by atoms with Gasteiger partial charge >= 0.3 is 5.97 Å². The second-order valence-corrected chi connectivity index (χ2v) is 13.4. The van der Waals surface area contributed by atoms with Gasteiger partial charge in [0.2, 0.25) is 0 Å². The Bertz CT molecular complexity index is 2270. The van der Waals surface area contributed by atoms with Gasteiger partial charge in [0.15, 0.2) is 14.2 Å². The number of carbonyl (C=O) groups excluding carboxylic acids is 1. The van der Waals surface area contributed by atoms with Crippen LogP contribution < -0.4 is 19.6 Å². The third-order valence-corrected chi connectivity index (χ3v) is 10.2. The number of fused-ring (bicyclic) bond motifs is 2. The highest BCUT2D eigenvalue weighted by molar-refractivity contribution is 8.01. The monoisotopic (exact) mass is 665 g/mol. The number of benzene rings is 3. The maximum atomic E-state index is 14.1. The first kappa shape index (κ1) is 30.0. The van der Waals surface area contributed by atoms with Crippen LogP contribution in [-0.4, -0.2) is 28.7 Å². The van der Waals surface area contributed by atoms with E-state index in [1.165, 1.54) is 23.1 Å². The van der Waals surface area contributed by atoms with Gasteiger partial charge in [-0.15, -0.1) is 11.3 Å². The molecule has 0 N–H and O–H groups in total. The Morgan fingerprint density at radius 2 is 1.76 bits per heavy atom. The summed E-state index contributed by atoms with van der Waals surface area (Å²) in [5, 5.41) is 0.654. The highest BCUT2D eigenvalue weighted by Crippen LogP contribution is 2.37. The van der Waals surface area contributed by atoms with Gasteiger partial charge in [-0.2, -0.15) is 0 Å². The normalized spacial score (nSPS) is 14.7. The minimum atomic E-state index is -0.723. The van der Waals surface area contributed by atoms with Gasteiger partial charge in [0, 0.05) is 11.6 Å². The molecule has 0 spiro atoms. The van der Waals surface area contributed by atoms with Gasteiger partial charge in [-0.3, -0.25) is 9.36 Å². The lowest BCUT2D eigenvalue weighted by atomic mass is 9.93. The summed E-state index contributed by atoms with van der Waals surface area (Å²) in [4.78, 5) is 37.7. The zero-order valence-corrected chi connectivity index (χ0v) is 27.3. The molecule has 0 aliphatic carbocycles. The van der Waals surface area contributed by atoms with E-state index in [9.17, 15) is 9.59 Å². The summed E-state index contributed by atoms with van der Waals surface area (Å²) >= 11 is 4.24. The fourth-order valence-corrected chi connectivity index (χ4v) is 8.24. The van der Waals surface area contributed by atoms with Crippen LogP contribution in [0.1, 0.15) is 36.8 Å². The summed E-state index contributed by atoms with van der Waals surface area (Å²) in [6.45, 7) is 4.52. The average Bonchev–Trinajstić information content (AvgIpc) is 3.78. The van der Waals surface area contributed by atoms with Crippen LogP contribution in [0.4, 0.5) is 0 Å². The molecule has 1 aliphatic heterocycles. The molecule has 7 rings (SSSR count). The molecule has 3 aromatic heterocycles. The Morgan fingerprint density at radius 1 is 0.978 bits per heavy atom. The van der Waals surface area contributed by atoms with E-state index < -0.39 is 12.0 Å². The quantitative estimate of drug-likeness (QED) is 0.159. The van der Waals surface area contributed by atoms with E-state index in [2.05, 4.69) is 0 Å². The Hall–Kier alpha value is -4.71. The molecular formula is C35H27N3O5S3. The first-order valence-corrected chi connectivity index (χ1v) is 17.1. The molecular weight excluding hydrogens is 639 g/mol. The zero-order chi connectivity index (χ0) is 31.6. The third kappa shape index (κ3) is 5.84. The van der Waals surface area contributed by atoms with Crippen molar-refractivity contribution >= 4 is 62.4 Å².